The van der Waals surface area contributed by atoms with Crippen molar-refractivity contribution in [1.82, 2.24) is 10.2 Å². The van der Waals surface area contributed by atoms with E-state index in [0.29, 0.717) is 19.3 Å². The van der Waals surface area contributed by atoms with Gasteiger partial charge in [0.25, 0.3) is 0 Å². The fraction of sp³-hybridized carbons (Fsp3) is 0.762. The van der Waals surface area contributed by atoms with Gasteiger partial charge in [-0.25, -0.2) is 0 Å². The lowest BCUT2D eigenvalue weighted by Crippen LogP contribution is -2.57. The molecule has 0 atom stereocenters. The van der Waals surface area contributed by atoms with Crippen molar-refractivity contribution in [3.05, 3.63) is 23.9 Å². The number of amides is 1. The molecule has 6 heteroatoms. The number of hydrogen-bond acceptors (Lipinski definition) is 5. The molecule has 1 amide bonds. The molecular weight excluding hydrogens is 344 g/mol. The molecule has 0 aliphatic carbocycles. The van der Waals surface area contributed by atoms with Crippen molar-refractivity contribution in [3.8, 4) is 0 Å². The number of hydrogen-bond donors (Lipinski definition) is 2. The maximum Gasteiger partial charge on any atom is 0.244 e. The highest BCUT2D eigenvalue weighted by Crippen LogP contribution is 2.27. The van der Waals surface area contributed by atoms with E-state index >= 15 is 0 Å². The number of carbonyl (C=O) groups is 1. The van der Waals surface area contributed by atoms with Gasteiger partial charge in [0.15, 0.2) is 0 Å². The topological polar surface area (TPSA) is 71.0 Å². The molecule has 1 rings (SSSR count). The number of ether oxygens (including phenoxy) is 2. The van der Waals surface area contributed by atoms with E-state index in [-0.39, 0.29) is 17.9 Å². The third kappa shape index (κ3) is 7.03. The van der Waals surface area contributed by atoms with Gasteiger partial charge >= 0.3 is 0 Å². The number of aliphatic hydroxyl groups is 1. The standard InChI is InChI=1S/C21H38N2O4/c1-16(20(3,4)15-27-13-10-24)14-17(2)22-19(25)21(5,6)23(7)18-8-11-26-12-9-18/h14,18,24H,1,8-13,15H2,2-7H3,(H,22,25)/b17-14+. The van der Waals surface area contributed by atoms with Gasteiger partial charge in [0.1, 0.15) is 0 Å². The summed E-state index contributed by atoms with van der Waals surface area (Å²) in [5.74, 6) is -0.0348. The summed E-state index contributed by atoms with van der Waals surface area (Å²) in [5.41, 5.74) is 0.718. The van der Waals surface area contributed by atoms with Gasteiger partial charge in [-0.15, -0.1) is 0 Å². The molecule has 1 fully saturated rings. The Morgan fingerprint density at radius 3 is 2.48 bits per heavy atom. The summed E-state index contributed by atoms with van der Waals surface area (Å²) < 4.78 is 10.9. The molecule has 156 valence electrons. The number of rotatable bonds is 10. The van der Waals surface area contributed by atoms with E-state index in [9.17, 15) is 4.79 Å². The Morgan fingerprint density at radius 1 is 1.33 bits per heavy atom. The van der Waals surface area contributed by atoms with Crippen LogP contribution < -0.4 is 5.32 Å². The van der Waals surface area contributed by atoms with Crippen LogP contribution >= 0.6 is 0 Å². The molecule has 0 unspecified atom stereocenters. The van der Waals surface area contributed by atoms with Crippen molar-refractivity contribution in [2.45, 2.75) is 59.0 Å². The predicted molar refractivity (Wildman–Crippen MR) is 108 cm³/mol. The number of nitrogens with zero attached hydrogens (tertiary/aromatic N) is 1. The summed E-state index contributed by atoms with van der Waals surface area (Å²) in [7, 11) is 2.01. The fourth-order valence-corrected chi connectivity index (χ4v) is 3.00. The zero-order valence-corrected chi connectivity index (χ0v) is 17.9. The molecule has 0 aromatic heterocycles. The van der Waals surface area contributed by atoms with Crippen LogP contribution in [0.15, 0.2) is 23.9 Å². The molecule has 0 aromatic carbocycles. The maximum absolute atomic E-state index is 12.9. The Morgan fingerprint density at radius 2 is 1.93 bits per heavy atom. The van der Waals surface area contributed by atoms with Crippen molar-refractivity contribution in [2.24, 2.45) is 5.41 Å². The van der Waals surface area contributed by atoms with E-state index in [1.807, 2.05) is 47.7 Å². The van der Waals surface area contributed by atoms with E-state index < -0.39 is 5.54 Å². The van der Waals surface area contributed by atoms with E-state index in [4.69, 9.17) is 14.6 Å². The lowest BCUT2D eigenvalue weighted by Gasteiger charge is -2.41. The lowest BCUT2D eigenvalue weighted by molar-refractivity contribution is -0.132. The Labute approximate surface area is 164 Å². The van der Waals surface area contributed by atoms with Crippen molar-refractivity contribution < 1.29 is 19.4 Å². The van der Waals surface area contributed by atoms with E-state index in [1.54, 1.807) is 0 Å². The average Bonchev–Trinajstić information content (AvgIpc) is 2.61. The van der Waals surface area contributed by atoms with Crippen LogP contribution in [-0.2, 0) is 14.3 Å². The molecule has 1 aliphatic rings. The van der Waals surface area contributed by atoms with Gasteiger partial charge in [0.2, 0.25) is 5.91 Å². The molecule has 1 heterocycles. The summed E-state index contributed by atoms with van der Waals surface area (Å²) in [4.78, 5) is 15.0. The highest BCUT2D eigenvalue weighted by atomic mass is 16.5. The van der Waals surface area contributed by atoms with Gasteiger partial charge in [0.05, 0.1) is 25.4 Å². The second-order valence-electron chi connectivity index (χ2n) is 8.48. The SMILES string of the molecule is C=C(/C=C(\C)NC(=O)C(C)(C)N(C)C1CCOCC1)C(C)(C)COCCO. The van der Waals surface area contributed by atoms with Crippen molar-refractivity contribution >= 4 is 5.91 Å². The largest absolute Gasteiger partial charge is 0.394 e. The number of allylic oxidation sites excluding steroid dienone is 2. The second-order valence-corrected chi connectivity index (χ2v) is 8.48. The van der Waals surface area contributed by atoms with E-state index in [2.05, 4.69) is 16.8 Å². The zero-order chi connectivity index (χ0) is 20.7. The van der Waals surface area contributed by atoms with Crippen molar-refractivity contribution in [1.29, 1.82) is 0 Å². The van der Waals surface area contributed by atoms with Crippen LogP contribution in [0.3, 0.4) is 0 Å². The van der Waals surface area contributed by atoms with Crippen LogP contribution in [0, 0.1) is 5.41 Å². The maximum atomic E-state index is 12.9. The Bertz CT molecular complexity index is 534. The van der Waals surface area contributed by atoms with E-state index in [1.165, 1.54) is 0 Å². The van der Waals surface area contributed by atoms with Gasteiger partial charge < -0.3 is 19.9 Å². The van der Waals surface area contributed by atoms with Crippen molar-refractivity contribution in [3.63, 3.8) is 0 Å². The van der Waals surface area contributed by atoms with Gasteiger partial charge in [0, 0.05) is 30.4 Å². The van der Waals surface area contributed by atoms with Crippen LogP contribution in [-0.4, -0.2) is 67.6 Å². The Hall–Kier alpha value is -1.21. The first-order chi connectivity index (χ1) is 12.5. The molecule has 2 N–H and O–H groups in total. The quantitative estimate of drug-likeness (QED) is 0.449. The minimum Gasteiger partial charge on any atom is -0.394 e. The molecule has 0 aromatic rings. The van der Waals surface area contributed by atoms with Crippen LogP contribution in [0.5, 0.6) is 0 Å². The highest BCUT2D eigenvalue weighted by Gasteiger charge is 2.36. The van der Waals surface area contributed by atoms with Gasteiger partial charge in [-0.3, -0.25) is 9.69 Å². The number of aliphatic hydroxyl groups excluding tert-OH is 1. The first-order valence-electron chi connectivity index (χ1n) is 9.71. The molecule has 6 nitrogen and oxygen atoms in total. The molecule has 0 radical (unpaired) electrons. The molecule has 0 saturated carbocycles. The Balaban J connectivity index is 2.69. The van der Waals surface area contributed by atoms with Crippen LogP contribution in [0.4, 0.5) is 0 Å². The summed E-state index contributed by atoms with van der Waals surface area (Å²) in [5, 5.41) is 11.9. The van der Waals surface area contributed by atoms with Gasteiger partial charge in [-0.1, -0.05) is 20.4 Å². The summed E-state index contributed by atoms with van der Waals surface area (Å²) in [6.45, 7) is 16.2. The minimum absolute atomic E-state index is 0.00317. The molecule has 0 bridgehead atoms. The third-order valence-corrected chi connectivity index (χ3v) is 5.45. The first kappa shape index (κ1) is 23.8. The number of likely N-dealkylation sites (N-methyl/N-ethyl adjacent to an activating group) is 1. The number of nitrogens with one attached hydrogen (secondary N) is 1. The van der Waals surface area contributed by atoms with E-state index in [0.717, 1.165) is 37.3 Å². The summed E-state index contributed by atoms with van der Waals surface area (Å²) in [6, 6.07) is 0.348. The predicted octanol–water partition coefficient (Wildman–Crippen LogP) is 2.49. The molecule has 1 saturated heterocycles. The third-order valence-electron chi connectivity index (χ3n) is 5.45. The van der Waals surface area contributed by atoms with Crippen LogP contribution in [0.1, 0.15) is 47.5 Å². The fourth-order valence-electron chi connectivity index (χ4n) is 3.00. The average molecular weight is 383 g/mol. The number of carbonyl (C=O) groups excluding carboxylic acids is 1. The minimum atomic E-state index is -0.627. The van der Waals surface area contributed by atoms with Crippen LogP contribution in [0.25, 0.3) is 0 Å². The van der Waals surface area contributed by atoms with Gasteiger partial charge in [-0.2, -0.15) is 0 Å². The highest BCUT2D eigenvalue weighted by molar-refractivity contribution is 5.86. The van der Waals surface area contributed by atoms with Gasteiger partial charge in [-0.05, 0) is 52.3 Å². The molecule has 1 aliphatic heterocycles. The molecule has 0 spiro atoms. The zero-order valence-electron chi connectivity index (χ0n) is 17.9. The summed E-state index contributed by atoms with van der Waals surface area (Å²) >= 11 is 0. The molecule has 27 heavy (non-hydrogen) atoms. The summed E-state index contributed by atoms with van der Waals surface area (Å²) in [6.07, 6.45) is 3.78. The first-order valence-corrected chi connectivity index (χ1v) is 9.71. The molecular formula is C21H38N2O4. The van der Waals surface area contributed by atoms with Crippen molar-refractivity contribution in [2.75, 3.05) is 40.1 Å². The lowest BCUT2D eigenvalue weighted by atomic mass is 9.85. The monoisotopic (exact) mass is 382 g/mol. The second kappa shape index (κ2) is 10.4. The Kier molecular flexibility index (Phi) is 9.15. The smallest absolute Gasteiger partial charge is 0.244 e. The van der Waals surface area contributed by atoms with Crippen LogP contribution in [0.2, 0.25) is 0 Å². The normalized spacial score (nSPS) is 17.3.